The van der Waals surface area contributed by atoms with Crippen LogP contribution in [0.4, 0.5) is 0 Å². The fourth-order valence-electron chi connectivity index (χ4n) is 1.39. The predicted molar refractivity (Wildman–Crippen MR) is 61.9 cm³/mol. The Labute approximate surface area is 94.0 Å². The minimum Gasteiger partial charge on any atom is -0.226 e. The van der Waals surface area contributed by atoms with Gasteiger partial charge in [-0.3, -0.25) is 0 Å². The summed E-state index contributed by atoms with van der Waals surface area (Å²) in [6.45, 7) is 2.14. The number of aryl methyl sites for hydroxylation is 1. The van der Waals surface area contributed by atoms with Gasteiger partial charge >= 0.3 is 0 Å². The van der Waals surface area contributed by atoms with Gasteiger partial charge in [0.2, 0.25) is 5.28 Å². The second-order valence-electron chi connectivity index (χ2n) is 3.29. The lowest BCUT2D eigenvalue weighted by atomic mass is 10.1. The van der Waals surface area contributed by atoms with Gasteiger partial charge in [0.05, 0.1) is 0 Å². The van der Waals surface area contributed by atoms with Gasteiger partial charge in [-0.05, 0) is 29.1 Å². The summed E-state index contributed by atoms with van der Waals surface area (Å²) in [6.07, 6.45) is 4.52. The van der Waals surface area contributed by atoms with Crippen molar-refractivity contribution >= 4 is 11.6 Å². The van der Waals surface area contributed by atoms with E-state index in [0.29, 0.717) is 0 Å². The van der Waals surface area contributed by atoms with Gasteiger partial charge in [-0.15, -0.1) is 0 Å². The van der Waals surface area contributed by atoms with E-state index < -0.39 is 0 Å². The molecule has 0 aliphatic heterocycles. The van der Waals surface area contributed by atoms with E-state index in [-0.39, 0.29) is 5.28 Å². The van der Waals surface area contributed by atoms with Gasteiger partial charge < -0.3 is 0 Å². The van der Waals surface area contributed by atoms with Crippen molar-refractivity contribution in [2.24, 2.45) is 0 Å². The lowest BCUT2D eigenvalue weighted by Gasteiger charge is -2.01. The lowest BCUT2D eigenvalue weighted by Crippen LogP contribution is -1.85. The van der Waals surface area contributed by atoms with E-state index in [4.69, 9.17) is 11.6 Å². The highest BCUT2D eigenvalue weighted by Gasteiger charge is 1.98. The summed E-state index contributed by atoms with van der Waals surface area (Å²) < 4.78 is 0. The third-order valence-electron chi connectivity index (χ3n) is 2.32. The molecule has 0 N–H and O–H groups in total. The van der Waals surface area contributed by atoms with Crippen LogP contribution in [0, 0.1) is 0 Å². The highest BCUT2D eigenvalue weighted by Crippen LogP contribution is 2.18. The molecule has 0 unspecified atom stereocenters. The molecular weight excluding hydrogens is 208 g/mol. The van der Waals surface area contributed by atoms with Gasteiger partial charge in [-0.1, -0.05) is 31.2 Å². The van der Waals surface area contributed by atoms with E-state index >= 15 is 0 Å². The highest BCUT2D eigenvalue weighted by molar-refractivity contribution is 6.28. The van der Waals surface area contributed by atoms with E-state index in [0.717, 1.165) is 17.5 Å². The first-order valence-electron chi connectivity index (χ1n) is 4.86. The summed E-state index contributed by atoms with van der Waals surface area (Å²) in [5.74, 6) is 0. The monoisotopic (exact) mass is 218 g/mol. The van der Waals surface area contributed by atoms with Crippen LogP contribution in [0.2, 0.25) is 5.28 Å². The zero-order valence-electron chi connectivity index (χ0n) is 8.44. The average molecular weight is 219 g/mol. The van der Waals surface area contributed by atoms with Crippen LogP contribution in [0.1, 0.15) is 12.5 Å². The molecular formula is C12H11ClN2. The topological polar surface area (TPSA) is 25.8 Å². The van der Waals surface area contributed by atoms with Gasteiger partial charge in [0.25, 0.3) is 0 Å². The second kappa shape index (κ2) is 4.41. The van der Waals surface area contributed by atoms with Gasteiger partial charge in [-0.25, -0.2) is 9.97 Å². The Morgan fingerprint density at radius 1 is 1.00 bits per heavy atom. The van der Waals surface area contributed by atoms with Gasteiger partial charge in [0.1, 0.15) is 0 Å². The SMILES string of the molecule is CCc1ccc(-c2cnc(Cl)nc2)cc1. The predicted octanol–water partition coefficient (Wildman–Crippen LogP) is 3.36. The molecule has 0 atom stereocenters. The number of rotatable bonds is 2. The fraction of sp³-hybridized carbons (Fsp3) is 0.167. The summed E-state index contributed by atoms with van der Waals surface area (Å²) in [7, 11) is 0. The van der Waals surface area contributed by atoms with Gasteiger partial charge in [0.15, 0.2) is 0 Å². The van der Waals surface area contributed by atoms with Gasteiger partial charge in [0, 0.05) is 18.0 Å². The molecule has 0 spiro atoms. The number of benzene rings is 1. The molecule has 76 valence electrons. The minimum atomic E-state index is 0.281. The van der Waals surface area contributed by atoms with Crippen LogP contribution >= 0.6 is 11.6 Å². The van der Waals surface area contributed by atoms with E-state index in [1.165, 1.54) is 5.56 Å². The average Bonchev–Trinajstić information content (AvgIpc) is 2.30. The van der Waals surface area contributed by atoms with E-state index in [1.54, 1.807) is 12.4 Å². The third-order valence-corrected chi connectivity index (χ3v) is 2.51. The molecule has 0 amide bonds. The molecule has 1 aromatic heterocycles. The molecule has 2 rings (SSSR count). The standard InChI is InChI=1S/C12H11ClN2/c1-2-9-3-5-10(6-4-9)11-7-14-12(13)15-8-11/h3-8H,2H2,1H3. The van der Waals surface area contributed by atoms with Crippen molar-refractivity contribution < 1.29 is 0 Å². The molecule has 0 bridgehead atoms. The Morgan fingerprint density at radius 3 is 2.13 bits per heavy atom. The van der Waals surface area contributed by atoms with Crippen molar-refractivity contribution in [1.29, 1.82) is 0 Å². The molecule has 15 heavy (non-hydrogen) atoms. The summed E-state index contributed by atoms with van der Waals surface area (Å²) in [6, 6.07) is 8.38. The Kier molecular flexibility index (Phi) is 2.97. The first kappa shape index (κ1) is 10.1. The number of hydrogen-bond donors (Lipinski definition) is 0. The smallest absolute Gasteiger partial charge is 0.222 e. The quantitative estimate of drug-likeness (QED) is 0.723. The van der Waals surface area contributed by atoms with Crippen LogP contribution < -0.4 is 0 Å². The van der Waals surface area contributed by atoms with Crippen molar-refractivity contribution in [1.82, 2.24) is 9.97 Å². The Balaban J connectivity index is 2.33. The molecule has 2 aromatic rings. The zero-order chi connectivity index (χ0) is 10.7. The van der Waals surface area contributed by atoms with Crippen LogP contribution in [-0.2, 0) is 6.42 Å². The van der Waals surface area contributed by atoms with E-state index in [9.17, 15) is 0 Å². The normalized spacial score (nSPS) is 10.3. The molecule has 0 saturated heterocycles. The van der Waals surface area contributed by atoms with Crippen LogP contribution in [0.15, 0.2) is 36.7 Å². The number of hydrogen-bond acceptors (Lipinski definition) is 2. The second-order valence-corrected chi connectivity index (χ2v) is 3.63. The lowest BCUT2D eigenvalue weighted by molar-refractivity contribution is 1.14. The maximum Gasteiger partial charge on any atom is 0.222 e. The van der Waals surface area contributed by atoms with Crippen molar-refractivity contribution in [3.63, 3.8) is 0 Å². The largest absolute Gasteiger partial charge is 0.226 e. The number of aromatic nitrogens is 2. The molecule has 0 saturated carbocycles. The molecule has 0 radical (unpaired) electrons. The van der Waals surface area contributed by atoms with Gasteiger partial charge in [-0.2, -0.15) is 0 Å². The van der Waals surface area contributed by atoms with Crippen LogP contribution in [0.25, 0.3) is 11.1 Å². The molecule has 2 nitrogen and oxygen atoms in total. The minimum absolute atomic E-state index is 0.281. The molecule has 0 aliphatic rings. The first-order valence-corrected chi connectivity index (χ1v) is 5.24. The van der Waals surface area contributed by atoms with E-state index in [1.807, 2.05) is 0 Å². The summed E-state index contributed by atoms with van der Waals surface area (Å²) in [5.41, 5.74) is 3.43. The first-order chi connectivity index (χ1) is 7.29. The van der Waals surface area contributed by atoms with Crippen molar-refractivity contribution in [3.8, 4) is 11.1 Å². The maximum atomic E-state index is 5.62. The van der Waals surface area contributed by atoms with Crippen molar-refractivity contribution in [3.05, 3.63) is 47.5 Å². The molecule has 1 heterocycles. The van der Waals surface area contributed by atoms with Crippen LogP contribution in [0.5, 0.6) is 0 Å². The highest BCUT2D eigenvalue weighted by atomic mass is 35.5. The molecule has 0 aliphatic carbocycles. The van der Waals surface area contributed by atoms with Crippen molar-refractivity contribution in [2.45, 2.75) is 13.3 Å². The van der Waals surface area contributed by atoms with Crippen LogP contribution in [-0.4, -0.2) is 9.97 Å². The Hall–Kier alpha value is -1.41. The molecule has 3 heteroatoms. The van der Waals surface area contributed by atoms with Crippen LogP contribution in [0.3, 0.4) is 0 Å². The molecule has 0 fully saturated rings. The number of halogens is 1. The number of nitrogens with zero attached hydrogens (tertiary/aromatic N) is 2. The molecule has 1 aromatic carbocycles. The van der Waals surface area contributed by atoms with Crippen molar-refractivity contribution in [2.75, 3.05) is 0 Å². The summed E-state index contributed by atoms with van der Waals surface area (Å²) >= 11 is 5.62. The summed E-state index contributed by atoms with van der Waals surface area (Å²) in [5, 5.41) is 0.281. The Bertz CT molecular complexity index is 434. The Morgan fingerprint density at radius 2 is 1.60 bits per heavy atom. The summed E-state index contributed by atoms with van der Waals surface area (Å²) in [4.78, 5) is 7.90. The fourth-order valence-corrected chi connectivity index (χ4v) is 1.49. The maximum absolute atomic E-state index is 5.62. The van der Waals surface area contributed by atoms with E-state index in [2.05, 4.69) is 41.2 Å². The third kappa shape index (κ3) is 2.34. The zero-order valence-corrected chi connectivity index (χ0v) is 9.20.